The summed E-state index contributed by atoms with van der Waals surface area (Å²) < 4.78 is 11.0. The van der Waals surface area contributed by atoms with Gasteiger partial charge in [0.1, 0.15) is 0 Å². The zero-order chi connectivity index (χ0) is 15.5. The van der Waals surface area contributed by atoms with E-state index in [0.717, 1.165) is 22.6 Å². The third-order valence-electron chi connectivity index (χ3n) is 4.04. The first kappa shape index (κ1) is 14.5. The maximum Gasteiger partial charge on any atom is 0.164 e. The number of nitrogens with one attached hydrogen (secondary N) is 1. The molecular formula is C18H20N2O2. The Morgan fingerprint density at radius 2 is 1.82 bits per heavy atom. The third-order valence-corrected chi connectivity index (χ3v) is 4.04. The molecule has 0 unspecified atom stereocenters. The average molecular weight is 296 g/mol. The minimum Gasteiger partial charge on any atom is -0.493 e. The summed E-state index contributed by atoms with van der Waals surface area (Å²) in [6.45, 7) is 0.491. The molecule has 0 spiro atoms. The van der Waals surface area contributed by atoms with Gasteiger partial charge in [0.15, 0.2) is 11.5 Å². The molecule has 3 N–H and O–H groups in total. The van der Waals surface area contributed by atoms with Crippen LogP contribution in [0.2, 0.25) is 0 Å². The van der Waals surface area contributed by atoms with Crippen LogP contribution in [0.4, 0.5) is 0 Å². The van der Waals surface area contributed by atoms with Crippen molar-refractivity contribution >= 4 is 10.9 Å². The molecule has 4 heteroatoms. The Hall–Kier alpha value is -2.46. The monoisotopic (exact) mass is 296 g/mol. The highest BCUT2D eigenvalue weighted by atomic mass is 16.5. The van der Waals surface area contributed by atoms with E-state index in [9.17, 15) is 0 Å². The van der Waals surface area contributed by atoms with Gasteiger partial charge in [0.05, 0.1) is 14.2 Å². The number of aromatic amines is 1. The summed E-state index contributed by atoms with van der Waals surface area (Å²) >= 11 is 0. The fourth-order valence-electron chi connectivity index (χ4n) is 2.99. The van der Waals surface area contributed by atoms with Gasteiger partial charge in [0.25, 0.3) is 0 Å². The lowest BCUT2D eigenvalue weighted by Gasteiger charge is -2.19. The van der Waals surface area contributed by atoms with Gasteiger partial charge in [-0.05, 0) is 17.7 Å². The number of nitrogens with two attached hydrogens (primary N) is 1. The average Bonchev–Trinajstić information content (AvgIpc) is 2.99. The molecule has 0 fully saturated rings. The van der Waals surface area contributed by atoms with Crippen molar-refractivity contribution in [3.8, 4) is 11.5 Å². The standard InChI is InChI=1S/C18H20N2O2/c1-21-17-9-5-7-13(18(17)22-2)14(10-19)15-11-20-16-8-4-3-6-12(15)16/h3-9,11,14,20H,10,19H2,1-2H3/t14-/m1/s1. The molecule has 1 aromatic heterocycles. The smallest absolute Gasteiger partial charge is 0.164 e. The summed E-state index contributed by atoms with van der Waals surface area (Å²) in [6, 6.07) is 14.1. The number of rotatable bonds is 5. The number of fused-ring (bicyclic) bond motifs is 1. The minimum absolute atomic E-state index is 0.0428. The van der Waals surface area contributed by atoms with Gasteiger partial charge in [0.2, 0.25) is 0 Å². The van der Waals surface area contributed by atoms with Crippen molar-refractivity contribution in [2.75, 3.05) is 20.8 Å². The Kier molecular flexibility index (Phi) is 4.02. The van der Waals surface area contributed by atoms with Crippen LogP contribution in [-0.4, -0.2) is 25.7 Å². The first-order chi connectivity index (χ1) is 10.8. The molecule has 2 aromatic carbocycles. The summed E-state index contributed by atoms with van der Waals surface area (Å²) in [4.78, 5) is 3.31. The number of hydrogen-bond acceptors (Lipinski definition) is 3. The van der Waals surface area contributed by atoms with Gasteiger partial charge in [-0.15, -0.1) is 0 Å². The highest BCUT2D eigenvalue weighted by Gasteiger charge is 2.22. The van der Waals surface area contributed by atoms with Gasteiger partial charge in [-0.1, -0.05) is 30.3 Å². The van der Waals surface area contributed by atoms with E-state index in [2.05, 4.69) is 17.1 Å². The second-order valence-corrected chi connectivity index (χ2v) is 5.16. The van der Waals surface area contributed by atoms with E-state index in [0.29, 0.717) is 6.54 Å². The van der Waals surface area contributed by atoms with Gasteiger partial charge >= 0.3 is 0 Å². The van der Waals surface area contributed by atoms with Gasteiger partial charge < -0.3 is 20.2 Å². The molecule has 0 saturated heterocycles. The number of H-pyrrole nitrogens is 1. The quantitative estimate of drug-likeness (QED) is 0.759. The molecule has 0 saturated carbocycles. The zero-order valence-electron chi connectivity index (χ0n) is 12.8. The second-order valence-electron chi connectivity index (χ2n) is 5.16. The lowest BCUT2D eigenvalue weighted by atomic mass is 9.90. The van der Waals surface area contributed by atoms with Crippen LogP contribution in [0.3, 0.4) is 0 Å². The number of para-hydroxylation sites is 2. The van der Waals surface area contributed by atoms with E-state index in [-0.39, 0.29) is 5.92 Å². The van der Waals surface area contributed by atoms with Crippen molar-refractivity contribution in [3.63, 3.8) is 0 Å². The van der Waals surface area contributed by atoms with E-state index in [1.54, 1.807) is 14.2 Å². The maximum atomic E-state index is 6.09. The summed E-state index contributed by atoms with van der Waals surface area (Å²) in [6.07, 6.45) is 2.03. The van der Waals surface area contributed by atoms with Crippen LogP contribution in [0.25, 0.3) is 10.9 Å². The van der Waals surface area contributed by atoms with Gasteiger partial charge in [0, 0.05) is 35.1 Å². The van der Waals surface area contributed by atoms with Crippen LogP contribution in [-0.2, 0) is 0 Å². The molecular weight excluding hydrogens is 276 g/mol. The maximum absolute atomic E-state index is 6.09. The molecule has 1 atom stereocenters. The predicted octanol–water partition coefficient (Wildman–Crippen LogP) is 3.28. The van der Waals surface area contributed by atoms with Crippen molar-refractivity contribution in [2.24, 2.45) is 5.73 Å². The summed E-state index contributed by atoms with van der Waals surface area (Å²) in [7, 11) is 3.30. The Bertz CT molecular complexity index is 780. The molecule has 0 amide bonds. The molecule has 0 bridgehead atoms. The minimum atomic E-state index is 0.0428. The summed E-state index contributed by atoms with van der Waals surface area (Å²) in [5, 5.41) is 1.18. The number of methoxy groups -OCH3 is 2. The Balaban J connectivity index is 2.16. The fraction of sp³-hybridized carbons (Fsp3) is 0.222. The van der Waals surface area contributed by atoms with Gasteiger partial charge in [-0.2, -0.15) is 0 Å². The van der Waals surface area contributed by atoms with Crippen LogP contribution in [0, 0.1) is 0 Å². The SMILES string of the molecule is COc1cccc([C@@H](CN)c2c[nH]c3ccccc23)c1OC. The fourth-order valence-corrected chi connectivity index (χ4v) is 2.99. The number of ether oxygens (including phenoxy) is 2. The van der Waals surface area contributed by atoms with E-state index in [1.165, 1.54) is 10.9 Å². The van der Waals surface area contributed by atoms with Gasteiger partial charge in [-0.25, -0.2) is 0 Å². The molecule has 0 radical (unpaired) electrons. The summed E-state index contributed by atoms with van der Waals surface area (Å²) in [5.41, 5.74) is 9.41. The lowest BCUT2D eigenvalue weighted by Crippen LogP contribution is -2.14. The molecule has 22 heavy (non-hydrogen) atoms. The Labute approximate surface area is 129 Å². The van der Waals surface area contributed by atoms with Crippen LogP contribution in [0.5, 0.6) is 11.5 Å². The number of hydrogen-bond donors (Lipinski definition) is 2. The molecule has 0 aliphatic carbocycles. The van der Waals surface area contributed by atoms with E-state index < -0.39 is 0 Å². The van der Waals surface area contributed by atoms with Crippen LogP contribution in [0.15, 0.2) is 48.7 Å². The topological polar surface area (TPSA) is 60.3 Å². The second kappa shape index (κ2) is 6.12. The van der Waals surface area contributed by atoms with Crippen LogP contribution in [0.1, 0.15) is 17.0 Å². The first-order valence-corrected chi connectivity index (χ1v) is 7.27. The molecule has 0 aliphatic heterocycles. The van der Waals surface area contributed by atoms with Crippen LogP contribution < -0.4 is 15.2 Å². The Morgan fingerprint density at radius 3 is 2.55 bits per heavy atom. The molecule has 1 heterocycles. The highest BCUT2D eigenvalue weighted by Crippen LogP contribution is 2.39. The molecule has 4 nitrogen and oxygen atoms in total. The highest BCUT2D eigenvalue weighted by molar-refractivity contribution is 5.84. The van der Waals surface area contributed by atoms with E-state index in [1.807, 2.05) is 36.5 Å². The van der Waals surface area contributed by atoms with E-state index in [4.69, 9.17) is 15.2 Å². The predicted molar refractivity (Wildman–Crippen MR) is 88.7 cm³/mol. The molecule has 3 rings (SSSR count). The largest absolute Gasteiger partial charge is 0.493 e. The normalized spacial score (nSPS) is 12.3. The molecule has 0 aliphatic rings. The van der Waals surface area contributed by atoms with Crippen molar-refractivity contribution in [3.05, 3.63) is 59.8 Å². The zero-order valence-corrected chi connectivity index (χ0v) is 12.8. The Morgan fingerprint density at radius 1 is 1.00 bits per heavy atom. The summed E-state index contributed by atoms with van der Waals surface area (Å²) in [5.74, 6) is 1.50. The first-order valence-electron chi connectivity index (χ1n) is 7.27. The molecule has 114 valence electrons. The van der Waals surface area contributed by atoms with Crippen LogP contribution >= 0.6 is 0 Å². The number of aromatic nitrogens is 1. The third kappa shape index (κ3) is 2.31. The van der Waals surface area contributed by atoms with E-state index >= 15 is 0 Å². The van der Waals surface area contributed by atoms with Crippen molar-refractivity contribution in [2.45, 2.75) is 5.92 Å². The van der Waals surface area contributed by atoms with Crippen molar-refractivity contribution in [1.29, 1.82) is 0 Å². The van der Waals surface area contributed by atoms with Crippen molar-refractivity contribution in [1.82, 2.24) is 4.98 Å². The number of benzene rings is 2. The molecule has 3 aromatic rings. The van der Waals surface area contributed by atoms with Crippen molar-refractivity contribution < 1.29 is 9.47 Å². The lowest BCUT2D eigenvalue weighted by molar-refractivity contribution is 0.350. The van der Waals surface area contributed by atoms with Gasteiger partial charge in [-0.3, -0.25) is 0 Å².